The maximum atomic E-state index is 13.4. The summed E-state index contributed by atoms with van der Waals surface area (Å²) >= 11 is -0.595. The molecule has 0 fully saturated rings. The molecule has 2 aromatic carbocycles. The monoisotopic (exact) mass is 448 g/mol. The molecule has 2 heterocycles. The van der Waals surface area contributed by atoms with Gasteiger partial charge in [-0.2, -0.15) is 13.2 Å². The van der Waals surface area contributed by atoms with Crippen LogP contribution in [0.1, 0.15) is 16.7 Å². The van der Waals surface area contributed by atoms with Crippen LogP contribution in [-0.4, -0.2) is 18.7 Å². The first-order valence-electron chi connectivity index (χ1n) is 8.82. The molecule has 0 aliphatic carbocycles. The lowest BCUT2D eigenvalue weighted by atomic mass is 10.0. The summed E-state index contributed by atoms with van der Waals surface area (Å²) in [5.41, 5.74) is 2.01. The highest BCUT2D eigenvalue weighted by Crippen LogP contribution is 2.40. The molecule has 0 bridgehead atoms. The van der Waals surface area contributed by atoms with E-state index in [4.69, 9.17) is 4.55 Å². The number of alkyl halides is 3. The summed E-state index contributed by atoms with van der Waals surface area (Å²) in [6.45, 7) is 1.79. The molecule has 9 heteroatoms. The van der Waals surface area contributed by atoms with Crippen molar-refractivity contribution in [3.63, 3.8) is 0 Å². The molecule has 0 radical (unpaired) electrons. The van der Waals surface area contributed by atoms with Gasteiger partial charge >= 0.3 is 6.18 Å². The number of benzene rings is 2. The van der Waals surface area contributed by atoms with Crippen molar-refractivity contribution in [2.24, 2.45) is 0 Å². The van der Waals surface area contributed by atoms with Crippen molar-refractivity contribution < 1.29 is 21.9 Å². The maximum Gasteiger partial charge on any atom is 0.418 e. The molecule has 0 aliphatic rings. The van der Waals surface area contributed by atoms with Gasteiger partial charge in [-0.25, -0.2) is 9.19 Å². The Bertz CT molecular complexity index is 1270. The number of nitrogens with zero attached hydrogens (tertiary/aromatic N) is 2. The van der Waals surface area contributed by atoms with Crippen LogP contribution in [-0.2, 0) is 23.0 Å². The molecule has 1 atom stereocenters. The smallest absolute Gasteiger partial charge is 0.306 e. The molecule has 4 nitrogen and oxygen atoms in total. The maximum absolute atomic E-state index is 13.4. The number of aromatic nitrogens is 2. The largest absolute Gasteiger partial charge is 0.418 e. The quantitative estimate of drug-likeness (QED) is 0.385. The molecule has 2 aromatic heterocycles. The second-order valence-corrected chi connectivity index (χ2v) is 8.67. The molecule has 0 spiro atoms. The Morgan fingerprint density at radius 1 is 1.10 bits per heavy atom. The number of pyridine rings is 1. The molecule has 0 saturated carbocycles. The van der Waals surface area contributed by atoms with E-state index in [0.717, 1.165) is 22.1 Å². The van der Waals surface area contributed by atoms with Gasteiger partial charge in [-0.05, 0) is 35.7 Å². The number of thiazole rings is 1. The van der Waals surface area contributed by atoms with Gasteiger partial charge in [0, 0.05) is 23.3 Å². The van der Waals surface area contributed by atoms with E-state index in [9.17, 15) is 17.4 Å². The zero-order valence-corrected chi connectivity index (χ0v) is 17.2. The second kappa shape index (κ2) is 7.90. The molecule has 30 heavy (non-hydrogen) atoms. The van der Waals surface area contributed by atoms with Gasteiger partial charge in [0.05, 0.1) is 21.7 Å². The summed E-state index contributed by atoms with van der Waals surface area (Å²) in [5, 5.41) is 0.987. The van der Waals surface area contributed by atoms with Gasteiger partial charge in [-0.15, -0.1) is 11.3 Å². The Kier molecular flexibility index (Phi) is 5.44. The third kappa shape index (κ3) is 4.00. The minimum atomic E-state index is -4.50. The topological polar surface area (TPSA) is 63.1 Å². The second-order valence-electron chi connectivity index (χ2n) is 6.71. The highest BCUT2D eigenvalue weighted by atomic mass is 32.2. The lowest BCUT2D eigenvalue weighted by molar-refractivity contribution is -0.136. The normalized spacial score (nSPS) is 13.0. The van der Waals surface area contributed by atoms with Crippen molar-refractivity contribution in [3.05, 3.63) is 71.5 Å². The molecule has 0 saturated heterocycles. The summed E-state index contributed by atoms with van der Waals surface area (Å²) in [4.78, 5) is 9.31. The fourth-order valence-corrected chi connectivity index (χ4v) is 4.82. The van der Waals surface area contributed by atoms with Gasteiger partial charge in [-0.1, -0.05) is 30.3 Å². The van der Waals surface area contributed by atoms with Gasteiger partial charge in [0.1, 0.15) is 5.01 Å². The molecule has 4 rings (SSSR count). The lowest BCUT2D eigenvalue weighted by Crippen LogP contribution is -2.07. The first-order chi connectivity index (χ1) is 14.2. The predicted molar refractivity (Wildman–Crippen MR) is 113 cm³/mol. The summed E-state index contributed by atoms with van der Waals surface area (Å²) < 4.78 is 60.4. The zero-order chi connectivity index (χ0) is 21.5. The van der Waals surface area contributed by atoms with E-state index >= 15 is 0 Å². The number of fused-ring (bicyclic) bond motifs is 1. The number of hydrogen-bond acceptors (Lipinski definition) is 4. The third-order valence-electron chi connectivity index (χ3n) is 4.61. The minimum Gasteiger partial charge on any atom is -0.306 e. The van der Waals surface area contributed by atoms with E-state index in [-0.39, 0.29) is 11.3 Å². The Labute approximate surface area is 176 Å². The van der Waals surface area contributed by atoms with Crippen LogP contribution in [0.4, 0.5) is 13.2 Å². The molecule has 0 amide bonds. The van der Waals surface area contributed by atoms with Gasteiger partial charge in [-0.3, -0.25) is 4.98 Å². The number of hydrogen-bond donors (Lipinski definition) is 1. The predicted octanol–water partition coefficient (Wildman–Crippen LogP) is 6.07. The van der Waals surface area contributed by atoms with Crippen molar-refractivity contribution >= 4 is 33.3 Å². The summed E-state index contributed by atoms with van der Waals surface area (Å²) in [7, 11) is 0. The highest BCUT2D eigenvalue weighted by molar-refractivity contribution is 7.78. The molecular weight excluding hydrogens is 433 g/mol. The summed E-state index contributed by atoms with van der Waals surface area (Å²) in [6.07, 6.45) is -1.40. The van der Waals surface area contributed by atoms with Crippen molar-refractivity contribution in [3.8, 4) is 21.0 Å². The van der Waals surface area contributed by atoms with E-state index in [0.29, 0.717) is 21.5 Å². The van der Waals surface area contributed by atoms with Gasteiger partial charge in [0.2, 0.25) is 0 Å². The Balaban J connectivity index is 1.83. The molecule has 0 aliphatic heterocycles. The summed E-state index contributed by atoms with van der Waals surface area (Å²) in [6, 6.07) is 11.3. The van der Waals surface area contributed by atoms with Crippen LogP contribution in [0, 0.1) is 6.92 Å². The standard InChI is InChI=1S/C21H15F3N2O2S2/c1-12-9-25-19-15(6-3-7-16(19)21(22,23)24)18(12)20-26-10-17(29-20)14-5-2-4-13(8-14)11-30(27)28/h2-10H,11H2,1H3,(H,27,28). The van der Waals surface area contributed by atoms with Crippen LogP contribution in [0.2, 0.25) is 0 Å². The average molecular weight is 448 g/mol. The number of halogens is 3. The molecule has 1 unspecified atom stereocenters. The van der Waals surface area contributed by atoms with E-state index in [1.807, 2.05) is 12.1 Å². The highest BCUT2D eigenvalue weighted by Gasteiger charge is 2.33. The lowest BCUT2D eigenvalue weighted by Gasteiger charge is -2.12. The van der Waals surface area contributed by atoms with Crippen molar-refractivity contribution in [1.82, 2.24) is 9.97 Å². The number of para-hydroxylation sites is 1. The fraction of sp³-hybridized carbons (Fsp3) is 0.143. The van der Waals surface area contributed by atoms with Gasteiger partial charge in [0.15, 0.2) is 11.1 Å². The van der Waals surface area contributed by atoms with Crippen molar-refractivity contribution in [2.45, 2.75) is 18.9 Å². The summed E-state index contributed by atoms with van der Waals surface area (Å²) in [5.74, 6) is 0.0216. The SMILES string of the molecule is Cc1cnc2c(C(F)(F)F)cccc2c1-c1ncc(-c2cccc(CS(=O)O)c2)s1. The average Bonchev–Trinajstić information content (AvgIpc) is 3.16. The van der Waals surface area contributed by atoms with E-state index < -0.39 is 22.8 Å². The van der Waals surface area contributed by atoms with Gasteiger partial charge < -0.3 is 4.55 Å². The molecule has 1 N–H and O–H groups in total. The Hall–Kier alpha value is -2.62. The van der Waals surface area contributed by atoms with Crippen LogP contribution in [0.25, 0.3) is 31.9 Å². The van der Waals surface area contributed by atoms with E-state index in [2.05, 4.69) is 9.97 Å². The fourth-order valence-electron chi connectivity index (χ4n) is 3.32. The minimum absolute atomic E-state index is 0.0216. The third-order valence-corrected chi connectivity index (χ3v) is 6.26. The molecular formula is C21H15F3N2O2S2. The first-order valence-corrected chi connectivity index (χ1v) is 10.9. The van der Waals surface area contributed by atoms with Crippen molar-refractivity contribution in [2.75, 3.05) is 0 Å². The van der Waals surface area contributed by atoms with E-state index in [1.165, 1.54) is 23.6 Å². The Morgan fingerprint density at radius 3 is 2.60 bits per heavy atom. The first kappa shape index (κ1) is 20.6. The zero-order valence-electron chi connectivity index (χ0n) is 15.6. The van der Waals surface area contributed by atoms with Crippen LogP contribution >= 0.6 is 11.3 Å². The Morgan fingerprint density at radius 2 is 1.87 bits per heavy atom. The number of rotatable bonds is 4. The van der Waals surface area contributed by atoms with Crippen LogP contribution in [0.5, 0.6) is 0 Å². The molecule has 154 valence electrons. The van der Waals surface area contributed by atoms with E-state index in [1.54, 1.807) is 31.3 Å². The molecule has 4 aromatic rings. The van der Waals surface area contributed by atoms with Crippen LogP contribution in [0.15, 0.2) is 54.9 Å². The van der Waals surface area contributed by atoms with Crippen molar-refractivity contribution in [1.29, 1.82) is 0 Å². The van der Waals surface area contributed by atoms with Crippen LogP contribution < -0.4 is 0 Å². The van der Waals surface area contributed by atoms with Gasteiger partial charge in [0.25, 0.3) is 0 Å². The van der Waals surface area contributed by atoms with Crippen LogP contribution in [0.3, 0.4) is 0 Å². The number of aryl methyl sites for hydroxylation is 1.